The maximum absolute atomic E-state index is 12.2. The first kappa shape index (κ1) is 16.9. The highest BCUT2D eigenvalue weighted by molar-refractivity contribution is 5.95. The predicted molar refractivity (Wildman–Crippen MR) is 86.0 cm³/mol. The number of aromatic nitrogens is 1. The average molecular weight is 349 g/mol. The summed E-state index contributed by atoms with van der Waals surface area (Å²) < 4.78 is 41.9. The van der Waals surface area contributed by atoms with Crippen LogP contribution < -0.4 is 4.74 Å². The summed E-state index contributed by atoms with van der Waals surface area (Å²) in [5.41, 5.74) is 1.97. The zero-order chi connectivity index (χ0) is 18.2. The molecule has 0 atom stereocenters. The predicted octanol–water partition coefficient (Wildman–Crippen LogP) is 4.41. The average Bonchev–Trinajstić information content (AvgIpc) is 2.84. The third-order valence-electron chi connectivity index (χ3n) is 3.82. The van der Waals surface area contributed by atoms with E-state index in [4.69, 9.17) is 0 Å². The van der Waals surface area contributed by atoms with Crippen LogP contribution in [0.4, 0.5) is 13.2 Å². The van der Waals surface area contributed by atoms with Crippen molar-refractivity contribution in [3.63, 3.8) is 0 Å². The molecular formula is C18H14F3NO3. The number of aldehydes is 1. The van der Waals surface area contributed by atoms with Crippen LogP contribution in [0.2, 0.25) is 0 Å². The Morgan fingerprint density at radius 3 is 2.48 bits per heavy atom. The zero-order valence-corrected chi connectivity index (χ0v) is 13.2. The van der Waals surface area contributed by atoms with Gasteiger partial charge in [0.05, 0.1) is 6.54 Å². The Kier molecular flexibility index (Phi) is 4.16. The lowest BCUT2D eigenvalue weighted by Crippen LogP contribution is -2.17. The molecule has 1 heterocycles. The highest BCUT2D eigenvalue weighted by Crippen LogP contribution is 2.32. The van der Waals surface area contributed by atoms with Gasteiger partial charge in [-0.3, -0.25) is 4.79 Å². The van der Waals surface area contributed by atoms with Crippen molar-refractivity contribution >= 4 is 17.1 Å². The van der Waals surface area contributed by atoms with Crippen LogP contribution in [0.25, 0.3) is 10.8 Å². The number of rotatable bonds is 4. The van der Waals surface area contributed by atoms with Crippen LogP contribution >= 0.6 is 0 Å². The molecule has 3 rings (SSSR count). The van der Waals surface area contributed by atoms with Crippen molar-refractivity contribution in [1.29, 1.82) is 0 Å². The molecule has 0 radical (unpaired) electrons. The number of halogens is 3. The number of carbonyl (C=O) groups excluding carboxylic acids is 1. The number of aryl methyl sites for hydroxylation is 1. The largest absolute Gasteiger partial charge is 0.573 e. The first-order valence-corrected chi connectivity index (χ1v) is 7.39. The Bertz CT molecular complexity index is 927. The molecule has 4 nitrogen and oxygen atoms in total. The van der Waals surface area contributed by atoms with E-state index in [1.54, 1.807) is 29.8 Å². The van der Waals surface area contributed by atoms with Gasteiger partial charge >= 0.3 is 6.36 Å². The van der Waals surface area contributed by atoms with E-state index in [9.17, 15) is 23.1 Å². The Balaban J connectivity index is 1.89. The van der Waals surface area contributed by atoms with E-state index >= 15 is 0 Å². The summed E-state index contributed by atoms with van der Waals surface area (Å²) in [6, 6.07) is 8.79. The van der Waals surface area contributed by atoms with E-state index in [-0.39, 0.29) is 18.2 Å². The molecule has 25 heavy (non-hydrogen) atoms. The van der Waals surface area contributed by atoms with Crippen LogP contribution in [-0.2, 0) is 6.54 Å². The van der Waals surface area contributed by atoms with Gasteiger partial charge in [-0.2, -0.15) is 0 Å². The minimum Gasteiger partial charge on any atom is -0.494 e. The van der Waals surface area contributed by atoms with E-state index in [0.717, 1.165) is 17.2 Å². The minimum atomic E-state index is -4.73. The van der Waals surface area contributed by atoms with Gasteiger partial charge in [0.15, 0.2) is 5.88 Å². The van der Waals surface area contributed by atoms with Gasteiger partial charge in [0, 0.05) is 22.5 Å². The third-order valence-corrected chi connectivity index (χ3v) is 3.82. The molecule has 0 saturated carbocycles. The molecule has 7 heteroatoms. The number of benzene rings is 2. The molecular weight excluding hydrogens is 335 g/mol. The molecule has 1 N–H and O–H groups in total. The van der Waals surface area contributed by atoms with E-state index in [0.29, 0.717) is 16.5 Å². The highest BCUT2D eigenvalue weighted by Gasteiger charge is 2.30. The molecule has 0 bridgehead atoms. The van der Waals surface area contributed by atoms with Crippen molar-refractivity contribution in [2.75, 3.05) is 0 Å². The van der Waals surface area contributed by atoms with Gasteiger partial charge < -0.3 is 14.4 Å². The summed E-state index contributed by atoms with van der Waals surface area (Å²) in [7, 11) is 0. The van der Waals surface area contributed by atoms with Crippen molar-refractivity contribution in [3.8, 4) is 11.6 Å². The van der Waals surface area contributed by atoms with Gasteiger partial charge in [-0.1, -0.05) is 12.1 Å². The van der Waals surface area contributed by atoms with Gasteiger partial charge in [-0.15, -0.1) is 13.2 Å². The second kappa shape index (κ2) is 6.16. The normalized spacial score (nSPS) is 11.7. The van der Waals surface area contributed by atoms with Crippen molar-refractivity contribution in [1.82, 2.24) is 4.57 Å². The van der Waals surface area contributed by atoms with Gasteiger partial charge in [0.25, 0.3) is 0 Å². The van der Waals surface area contributed by atoms with E-state index in [1.807, 2.05) is 0 Å². The monoisotopic (exact) mass is 349 g/mol. The lowest BCUT2D eigenvalue weighted by atomic mass is 10.1. The SMILES string of the molecule is Cc1cc(C=O)cc2cn(Cc3ccc(OC(F)(F)F)cc3)c(O)c12. The zero-order valence-electron chi connectivity index (χ0n) is 13.2. The standard InChI is InChI=1S/C18H14F3NO3/c1-11-6-13(10-23)7-14-9-22(17(24)16(11)14)8-12-2-4-15(5-3-12)25-18(19,20)21/h2-7,9-10,24H,8H2,1H3. The van der Waals surface area contributed by atoms with Crippen LogP contribution in [-0.4, -0.2) is 22.3 Å². The first-order valence-electron chi connectivity index (χ1n) is 7.39. The van der Waals surface area contributed by atoms with E-state index in [1.165, 1.54) is 24.3 Å². The summed E-state index contributed by atoms with van der Waals surface area (Å²) in [5.74, 6) is -0.259. The van der Waals surface area contributed by atoms with Crippen molar-refractivity contribution in [2.24, 2.45) is 0 Å². The number of carbonyl (C=O) groups is 1. The fourth-order valence-corrected chi connectivity index (χ4v) is 2.80. The smallest absolute Gasteiger partial charge is 0.494 e. The number of alkyl halides is 3. The Morgan fingerprint density at radius 2 is 1.88 bits per heavy atom. The molecule has 1 aromatic heterocycles. The third kappa shape index (κ3) is 3.60. The molecule has 0 unspecified atom stereocenters. The molecule has 0 fully saturated rings. The number of ether oxygens (including phenoxy) is 1. The van der Waals surface area contributed by atoms with Gasteiger partial charge in [0.2, 0.25) is 0 Å². The topological polar surface area (TPSA) is 51.5 Å². The van der Waals surface area contributed by atoms with Crippen molar-refractivity contribution < 1.29 is 27.8 Å². The molecule has 0 spiro atoms. The van der Waals surface area contributed by atoms with E-state index < -0.39 is 6.36 Å². The molecule has 0 aliphatic rings. The van der Waals surface area contributed by atoms with Gasteiger partial charge in [0.1, 0.15) is 12.0 Å². The number of nitrogens with zero attached hydrogens (tertiary/aromatic N) is 1. The maximum atomic E-state index is 12.2. The van der Waals surface area contributed by atoms with Crippen LogP contribution in [0.15, 0.2) is 42.6 Å². The number of hydrogen-bond donors (Lipinski definition) is 1. The molecule has 0 saturated heterocycles. The fraction of sp³-hybridized carbons (Fsp3) is 0.167. The van der Waals surface area contributed by atoms with E-state index in [2.05, 4.69) is 4.74 Å². The molecule has 0 aliphatic carbocycles. The van der Waals surface area contributed by atoms with Crippen molar-refractivity contribution in [2.45, 2.75) is 19.8 Å². The summed E-state index contributed by atoms with van der Waals surface area (Å²) in [6.45, 7) is 2.06. The summed E-state index contributed by atoms with van der Waals surface area (Å²) >= 11 is 0. The fourth-order valence-electron chi connectivity index (χ4n) is 2.80. The number of fused-ring (bicyclic) bond motifs is 1. The minimum absolute atomic E-state index is 0.0422. The summed E-state index contributed by atoms with van der Waals surface area (Å²) in [6.07, 6.45) is -2.29. The Labute approximate surface area is 141 Å². The second-order valence-electron chi connectivity index (χ2n) is 5.69. The quantitative estimate of drug-likeness (QED) is 0.710. The molecule has 2 aromatic carbocycles. The molecule has 130 valence electrons. The second-order valence-corrected chi connectivity index (χ2v) is 5.69. The molecule has 3 aromatic rings. The number of aromatic hydroxyl groups is 1. The molecule has 0 amide bonds. The van der Waals surface area contributed by atoms with Crippen LogP contribution in [0.3, 0.4) is 0 Å². The highest BCUT2D eigenvalue weighted by atomic mass is 19.4. The lowest BCUT2D eigenvalue weighted by Gasteiger charge is -2.10. The maximum Gasteiger partial charge on any atom is 0.573 e. The number of hydrogen-bond acceptors (Lipinski definition) is 3. The lowest BCUT2D eigenvalue weighted by molar-refractivity contribution is -0.274. The summed E-state index contributed by atoms with van der Waals surface area (Å²) in [5, 5.41) is 11.8. The van der Waals surface area contributed by atoms with Gasteiger partial charge in [-0.25, -0.2) is 0 Å². The first-order chi connectivity index (χ1) is 11.8. The Morgan fingerprint density at radius 1 is 1.20 bits per heavy atom. The van der Waals surface area contributed by atoms with Gasteiger partial charge in [-0.05, 0) is 42.3 Å². The van der Waals surface area contributed by atoms with Crippen LogP contribution in [0.1, 0.15) is 21.5 Å². The van der Waals surface area contributed by atoms with Crippen molar-refractivity contribution in [3.05, 3.63) is 59.3 Å². The summed E-state index contributed by atoms with van der Waals surface area (Å²) in [4.78, 5) is 11.0. The Hall–Kier alpha value is -2.96. The van der Waals surface area contributed by atoms with Crippen LogP contribution in [0.5, 0.6) is 11.6 Å². The molecule has 0 aliphatic heterocycles. The van der Waals surface area contributed by atoms with Crippen LogP contribution in [0, 0.1) is 6.92 Å².